The second kappa shape index (κ2) is 5.99. The molecule has 21 heavy (non-hydrogen) atoms. The molecule has 2 heterocycles. The van der Waals surface area contributed by atoms with Crippen LogP contribution in [-0.2, 0) is 4.79 Å². The summed E-state index contributed by atoms with van der Waals surface area (Å²) in [5, 5.41) is 9.89. The largest absolute Gasteiger partial charge is 0.391 e. The van der Waals surface area contributed by atoms with Crippen LogP contribution in [0.1, 0.15) is 42.2 Å². The van der Waals surface area contributed by atoms with Crippen molar-refractivity contribution in [1.29, 1.82) is 0 Å². The van der Waals surface area contributed by atoms with Crippen LogP contribution in [0.25, 0.3) is 0 Å². The summed E-state index contributed by atoms with van der Waals surface area (Å²) in [6.07, 6.45) is -0.579. The zero-order valence-corrected chi connectivity index (χ0v) is 12.7. The van der Waals surface area contributed by atoms with Gasteiger partial charge in [0.25, 0.3) is 5.91 Å². The molecule has 7 heteroatoms. The average Bonchev–Trinajstić information content (AvgIpc) is 2.79. The molecule has 0 radical (unpaired) electrons. The maximum atomic E-state index is 12.6. The molecule has 3 N–H and O–H groups in total. The van der Waals surface area contributed by atoms with E-state index >= 15 is 0 Å². The molecular weight excluding hydrogens is 294 g/mol. The predicted molar refractivity (Wildman–Crippen MR) is 78.0 cm³/mol. The third-order valence-electron chi connectivity index (χ3n) is 3.52. The quantitative estimate of drug-likeness (QED) is 0.811. The Kier molecular flexibility index (Phi) is 4.49. The number of carbonyl (C=O) groups is 2. The lowest BCUT2D eigenvalue weighted by Crippen LogP contribution is -2.43. The van der Waals surface area contributed by atoms with E-state index in [2.05, 4.69) is 4.98 Å². The van der Waals surface area contributed by atoms with Crippen LogP contribution in [0.4, 0.5) is 0 Å². The van der Waals surface area contributed by atoms with Gasteiger partial charge in [0.05, 0.1) is 6.10 Å². The fourth-order valence-electron chi connectivity index (χ4n) is 2.41. The highest BCUT2D eigenvalue weighted by Gasteiger charge is 2.38. The number of primary amides is 1. The van der Waals surface area contributed by atoms with Crippen LogP contribution >= 0.6 is 11.6 Å². The first-order valence-corrected chi connectivity index (χ1v) is 7.13. The maximum Gasteiger partial charge on any atom is 0.254 e. The molecule has 0 aromatic carbocycles. The summed E-state index contributed by atoms with van der Waals surface area (Å²) in [6, 6.07) is 2.32. The van der Waals surface area contributed by atoms with Gasteiger partial charge in [0.2, 0.25) is 5.91 Å². The monoisotopic (exact) mass is 311 g/mol. The highest BCUT2D eigenvalue weighted by molar-refractivity contribution is 6.29. The van der Waals surface area contributed by atoms with E-state index in [9.17, 15) is 14.7 Å². The lowest BCUT2D eigenvalue weighted by molar-refractivity contribution is -0.121. The number of β-amino-alcohol motifs (C(OH)–C–C–N with tert-alkyl or cyclic N) is 1. The topological polar surface area (TPSA) is 96.5 Å². The number of likely N-dealkylation sites (tertiary alicyclic amines) is 1. The van der Waals surface area contributed by atoms with Crippen LogP contribution in [0, 0.1) is 0 Å². The fourth-order valence-corrected chi connectivity index (χ4v) is 2.63. The summed E-state index contributed by atoms with van der Waals surface area (Å²) in [7, 11) is 0. The van der Waals surface area contributed by atoms with Gasteiger partial charge in [-0.25, -0.2) is 4.98 Å². The zero-order chi connectivity index (χ0) is 15.7. The van der Waals surface area contributed by atoms with E-state index < -0.39 is 18.1 Å². The van der Waals surface area contributed by atoms with Gasteiger partial charge in [-0.3, -0.25) is 9.59 Å². The predicted octanol–water partition coefficient (Wildman–Crippen LogP) is 0.919. The van der Waals surface area contributed by atoms with Crippen molar-refractivity contribution in [1.82, 2.24) is 9.88 Å². The molecule has 2 unspecified atom stereocenters. The molecule has 1 aliphatic heterocycles. The summed E-state index contributed by atoms with van der Waals surface area (Å²) in [5.74, 6) is -0.878. The number of aliphatic hydroxyl groups excluding tert-OH is 1. The van der Waals surface area contributed by atoms with Crippen LogP contribution in [0.3, 0.4) is 0 Å². The van der Waals surface area contributed by atoms with Gasteiger partial charge in [0.15, 0.2) is 0 Å². The van der Waals surface area contributed by atoms with E-state index in [4.69, 9.17) is 17.3 Å². The molecule has 0 saturated carbocycles. The smallest absolute Gasteiger partial charge is 0.254 e. The SMILES string of the molecule is CC(C)c1cc(C(=O)N2CC(O)CC2C(N)=O)cc(Cl)n1. The lowest BCUT2D eigenvalue weighted by Gasteiger charge is -2.22. The molecular formula is C14H18ClN3O3. The molecule has 0 bridgehead atoms. The first-order chi connectivity index (χ1) is 9.79. The van der Waals surface area contributed by atoms with E-state index in [1.807, 2.05) is 13.8 Å². The van der Waals surface area contributed by atoms with Gasteiger partial charge in [-0.05, 0) is 18.1 Å². The second-order valence-corrected chi connectivity index (χ2v) is 5.91. The number of carbonyl (C=O) groups excluding carboxylic acids is 2. The first kappa shape index (κ1) is 15.7. The number of nitrogens with zero attached hydrogens (tertiary/aromatic N) is 2. The summed E-state index contributed by atoms with van der Waals surface area (Å²) in [6.45, 7) is 3.97. The molecule has 2 atom stereocenters. The molecule has 1 aliphatic rings. The van der Waals surface area contributed by atoms with Crippen molar-refractivity contribution in [2.45, 2.75) is 38.3 Å². The highest BCUT2D eigenvalue weighted by atomic mass is 35.5. The molecule has 1 fully saturated rings. The van der Waals surface area contributed by atoms with E-state index in [0.29, 0.717) is 11.3 Å². The van der Waals surface area contributed by atoms with Crippen molar-refractivity contribution >= 4 is 23.4 Å². The van der Waals surface area contributed by atoms with Gasteiger partial charge in [-0.1, -0.05) is 25.4 Å². The summed E-state index contributed by atoms with van der Waals surface area (Å²) in [5.41, 5.74) is 6.33. The van der Waals surface area contributed by atoms with E-state index in [1.165, 1.54) is 11.0 Å². The fraction of sp³-hybridized carbons (Fsp3) is 0.500. The minimum absolute atomic E-state index is 0.0867. The van der Waals surface area contributed by atoms with Gasteiger partial charge in [-0.15, -0.1) is 0 Å². The minimum atomic E-state index is -0.790. The molecule has 2 amide bonds. The van der Waals surface area contributed by atoms with E-state index in [1.54, 1.807) is 6.07 Å². The van der Waals surface area contributed by atoms with Crippen LogP contribution in [0.2, 0.25) is 5.15 Å². The third-order valence-corrected chi connectivity index (χ3v) is 3.71. The van der Waals surface area contributed by atoms with E-state index in [0.717, 1.165) is 0 Å². The van der Waals surface area contributed by atoms with Crippen LogP contribution in [-0.4, -0.2) is 45.5 Å². The number of aromatic nitrogens is 1. The molecule has 1 aromatic heterocycles. The van der Waals surface area contributed by atoms with Gasteiger partial charge in [0.1, 0.15) is 11.2 Å². The number of rotatable bonds is 3. The Hall–Kier alpha value is -1.66. The molecule has 1 saturated heterocycles. The maximum absolute atomic E-state index is 12.6. The number of halogens is 1. The standard InChI is InChI=1S/C14H18ClN3O3/c1-7(2)10-3-8(4-12(15)17-10)14(21)18-6-9(19)5-11(18)13(16)20/h3-4,7,9,11,19H,5-6H2,1-2H3,(H2,16,20). The van der Waals surface area contributed by atoms with Crippen molar-refractivity contribution in [3.63, 3.8) is 0 Å². The molecule has 6 nitrogen and oxygen atoms in total. The molecule has 0 spiro atoms. The number of hydrogen-bond donors (Lipinski definition) is 2. The lowest BCUT2D eigenvalue weighted by atomic mass is 10.1. The van der Waals surface area contributed by atoms with Crippen molar-refractivity contribution in [2.24, 2.45) is 5.73 Å². The van der Waals surface area contributed by atoms with Gasteiger partial charge >= 0.3 is 0 Å². The van der Waals surface area contributed by atoms with E-state index in [-0.39, 0.29) is 29.9 Å². The van der Waals surface area contributed by atoms with Gasteiger partial charge in [0, 0.05) is 24.2 Å². The van der Waals surface area contributed by atoms with Crippen molar-refractivity contribution < 1.29 is 14.7 Å². The summed E-state index contributed by atoms with van der Waals surface area (Å²) < 4.78 is 0. The molecule has 1 aromatic rings. The summed E-state index contributed by atoms with van der Waals surface area (Å²) in [4.78, 5) is 29.4. The number of hydrogen-bond acceptors (Lipinski definition) is 4. The number of nitrogens with two attached hydrogens (primary N) is 1. The number of pyridine rings is 1. The average molecular weight is 312 g/mol. The Labute approximate surface area is 127 Å². The Morgan fingerprint density at radius 1 is 1.48 bits per heavy atom. The third kappa shape index (κ3) is 3.33. The Balaban J connectivity index is 2.33. The van der Waals surface area contributed by atoms with Crippen molar-refractivity contribution in [3.8, 4) is 0 Å². The minimum Gasteiger partial charge on any atom is -0.391 e. The highest BCUT2D eigenvalue weighted by Crippen LogP contribution is 2.23. The Bertz CT molecular complexity index is 577. The Morgan fingerprint density at radius 2 is 2.14 bits per heavy atom. The Morgan fingerprint density at radius 3 is 2.71 bits per heavy atom. The normalized spacial score (nSPS) is 21.9. The molecule has 2 rings (SSSR count). The molecule has 0 aliphatic carbocycles. The molecule has 114 valence electrons. The number of amides is 2. The second-order valence-electron chi connectivity index (χ2n) is 5.52. The van der Waals surface area contributed by atoms with Gasteiger partial charge < -0.3 is 15.7 Å². The van der Waals surface area contributed by atoms with Crippen molar-refractivity contribution in [3.05, 3.63) is 28.5 Å². The zero-order valence-electron chi connectivity index (χ0n) is 11.9. The van der Waals surface area contributed by atoms with Crippen LogP contribution < -0.4 is 5.73 Å². The van der Waals surface area contributed by atoms with Crippen LogP contribution in [0.15, 0.2) is 12.1 Å². The van der Waals surface area contributed by atoms with Crippen molar-refractivity contribution in [2.75, 3.05) is 6.54 Å². The first-order valence-electron chi connectivity index (χ1n) is 6.75. The van der Waals surface area contributed by atoms with Gasteiger partial charge in [-0.2, -0.15) is 0 Å². The number of aliphatic hydroxyl groups is 1. The van der Waals surface area contributed by atoms with Crippen LogP contribution in [0.5, 0.6) is 0 Å². The summed E-state index contributed by atoms with van der Waals surface area (Å²) >= 11 is 5.95.